The average Bonchev–Trinajstić information content (AvgIpc) is 3.24. The molecule has 29 heavy (non-hydrogen) atoms. The molecule has 150 valence electrons. The lowest BCUT2D eigenvalue weighted by Crippen LogP contribution is -2.31. The first-order chi connectivity index (χ1) is 14.0. The van der Waals surface area contributed by atoms with Gasteiger partial charge in [0, 0.05) is 23.2 Å². The summed E-state index contributed by atoms with van der Waals surface area (Å²) in [4.78, 5) is 24.7. The Balaban J connectivity index is 1.63. The van der Waals surface area contributed by atoms with Crippen LogP contribution in [0.2, 0.25) is 0 Å². The van der Waals surface area contributed by atoms with E-state index >= 15 is 0 Å². The second-order valence-corrected chi connectivity index (χ2v) is 7.71. The van der Waals surface area contributed by atoms with Gasteiger partial charge in [-0.3, -0.25) is 14.9 Å². The lowest BCUT2D eigenvalue weighted by Gasteiger charge is -2.18. The van der Waals surface area contributed by atoms with Gasteiger partial charge in [0.2, 0.25) is 11.8 Å². The van der Waals surface area contributed by atoms with Crippen molar-refractivity contribution >= 4 is 34.5 Å². The molecule has 0 aliphatic rings. The molecule has 1 atom stereocenters. The molecule has 2 aromatic carbocycles. The highest BCUT2D eigenvalue weighted by Gasteiger charge is 2.16. The number of hydrogen-bond acceptors (Lipinski definition) is 4. The predicted octanol–water partition coefficient (Wildman–Crippen LogP) is 4.59. The fraction of sp³-hybridized carbons (Fsp3) is 0.217. The summed E-state index contributed by atoms with van der Waals surface area (Å²) in [6, 6.07) is 19.6. The van der Waals surface area contributed by atoms with Gasteiger partial charge in [0.15, 0.2) is 0 Å². The predicted molar refractivity (Wildman–Crippen MR) is 119 cm³/mol. The Bertz CT molecular complexity index is 935. The number of carbonyl (C=O) groups is 2. The van der Waals surface area contributed by atoms with Gasteiger partial charge in [-0.15, -0.1) is 11.3 Å². The van der Waals surface area contributed by atoms with Gasteiger partial charge in [-0.1, -0.05) is 37.3 Å². The highest BCUT2D eigenvalue weighted by Crippen LogP contribution is 2.26. The summed E-state index contributed by atoms with van der Waals surface area (Å²) in [6.45, 7) is 3.78. The Kier molecular flexibility index (Phi) is 7.16. The summed E-state index contributed by atoms with van der Waals surface area (Å²) in [6.07, 6.45) is 1.00. The van der Waals surface area contributed by atoms with Crippen LogP contribution in [-0.4, -0.2) is 18.4 Å². The number of thiophene rings is 1. The van der Waals surface area contributed by atoms with Crippen molar-refractivity contribution in [2.75, 3.05) is 17.2 Å². The molecule has 3 N–H and O–H groups in total. The molecule has 0 spiro atoms. The number of rotatable bonds is 8. The monoisotopic (exact) mass is 407 g/mol. The Labute approximate surface area is 175 Å². The number of amides is 2. The van der Waals surface area contributed by atoms with E-state index in [0.717, 1.165) is 12.0 Å². The fourth-order valence-electron chi connectivity index (χ4n) is 3.02. The molecule has 0 saturated carbocycles. The molecule has 0 unspecified atom stereocenters. The molecule has 0 bridgehead atoms. The summed E-state index contributed by atoms with van der Waals surface area (Å²) >= 11 is 1.67. The lowest BCUT2D eigenvalue weighted by atomic mass is 10.0. The second kappa shape index (κ2) is 10.0. The Morgan fingerprint density at radius 1 is 0.931 bits per heavy atom. The van der Waals surface area contributed by atoms with E-state index in [1.165, 1.54) is 17.4 Å². The van der Waals surface area contributed by atoms with E-state index in [1.807, 2.05) is 11.4 Å². The highest BCUT2D eigenvalue weighted by atomic mass is 32.1. The van der Waals surface area contributed by atoms with Crippen LogP contribution in [0.25, 0.3) is 0 Å². The second-order valence-electron chi connectivity index (χ2n) is 6.73. The van der Waals surface area contributed by atoms with Gasteiger partial charge in [-0.25, -0.2) is 0 Å². The third-order valence-corrected chi connectivity index (χ3v) is 5.44. The molecule has 2 amide bonds. The minimum atomic E-state index is -0.127. The van der Waals surface area contributed by atoms with Crippen LogP contribution in [0.1, 0.15) is 35.9 Å². The lowest BCUT2D eigenvalue weighted by molar-refractivity contribution is -0.115. The van der Waals surface area contributed by atoms with Crippen molar-refractivity contribution < 1.29 is 9.59 Å². The van der Waals surface area contributed by atoms with Crippen molar-refractivity contribution in [1.82, 2.24) is 5.32 Å². The zero-order valence-corrected chi connectivity index (χ0v) is 17.4. The molecule has 0 aliphatic heterocycles. The Morgan fingerprint density at radius 3 is 2.14 bits per heavy atom. The molecule has 5 nitrogen and oxygen atoms in total. The van der Waals surface area contributed by atoms with Crippen molar-refractivity contribution in [3.8, 4) is 0 Å². The van der Waals surface area contributed by atoms with E-state index in [4.69, 9.17) is 0 Å². The van der Waals surface area contributed by atoms with Gasteiger partial charge in [0.25, 0.3) is 0 Å². The van der Waals surface area contributed by atoms with Crippen LogP contribution in [-0.2, 0) is 16.0 Å². The number of hydrogen-bond donors (Lipinski definition) is 3. The molecule has 3 rings (SSSR count). The first kappa shape index (κ1) is 20.8. The van der Waals surface area contributed by atoms with Crippen molar-refractivity contribution in [3.63, 3.8) is 0 Å². The first-order valence-electron chi connectivity index (χ1n) is 9.58. The topological polar surface area (TPSA) is 70.2 Å². The Morgan fingerprint density at radius 2 is 1.59 bits per heavy atom. The van der Waals surface area contributed by atoms with Crippen LogP contribution in [0, 0.1) is 0 Å². The molecule has 0 saturated heterocycles. The number of nitrogens with one attached hydrogen (secondary N) is 3. The third-order valence-electron chi connectivity index (χ3n) is 4.50. The molecule has 1 heterocycles. The van der Waals surface area contributed by atoms with Gasteiger partial charge in [0.05, 0.1) is 12.6 Å². The molecular weight excluding hydrogens is 382 g/mol. The maximum absolute atomic E-state index is 12.4. The maximum Gasteiger partial charge on any atom is 0.238 e. The van der Waals surface area contributed by atoms with Crippen LogP contribution >= 0.6 is 11.3 Å². The molecule has 6 heteroatoms. The van der Waals surface area contributed by atoms with Crippen LogP contribution in [0.3, 0.4) is 0 Å². The van der Waals surface area contributed by atoms with Crippen LogP contribution in [0.5, 0.6) is 0 Å². The van der Waals surface area contributed by atoms with E-state index < -0.39 is 0 Å². The standard InChI is InChI=1S/C23H25N3O2S/c1-3-17-6-8-18(9-7-17)23(21-5-4-14-29-21)24-15-22(28)26-20-12-10-19(11-13-20)25-16(2)27/h4-14,23-24H,3,15H2,1-2H3,(H,25,27)(H,26,28)/t23-/m0/s1. The zero-order chi connectivity index (χ0) is 20.6. The van der Waals surface area contributed by atoms with Crippen molar-refractivity contribution in [2.45, 2.75) is 26.3 Å². The third kappa shape index (κ3) is 6.01. The van der Waals surface area contributed by atoms with Gasteiger partial charge in [0.1, 0.15) is 0 Å². The van der Waals surface area contributed by atoms with Gasteiger partial charge in [-0.05, 0) is 53.3 Å². The fourth-order valence-corrected chi connectivity index (χ4v) is 3.85. The van der Waals surface area contributed by atoms with Gasteiger partial charge >= 0.3 is 0 Å². The summed E-state index contributed by atoms with van der Waals surface area (Å²) < 4.78 is 0. The smallest absolute Gasteiger partial charge is 0.238 e. The quantitative estimate of drug-likeness (QED) is 0.512. The Hall–Kier alpha value is -2.96. The molecule has 3 aromatic rings. The SMILES string of the molecule is CCc1ccc([C@H](NCC(=O)Nc2ccc(NC(C)=O)cc2)c2cccs2)cc1. The highest BCUT2D eigenvalue weighted by molar-refractivity contribution is 7.10. The number of carbonyl (C=O) groups excluding carboxylic acids is 2. The molecule has 0 radical (unpaired) electrons. The molecule has 0 aliphatic carbocycles. The van der Waals surface area contributed by atoms with E-state index in [2.05, 4.69) is 53.2 Å². The van der Waals surface area contributed by atoms with Crippen molar-refractivity contribution in [3.05, 3.63) is 82.0 Å². The maximum atomic E-state index is 12.4. The normalized spacial score (nSPS) is 11.7. The summed E-state index contributed by atoms with van der Waals surface area (Å²) in [7, 11) is 0. The molecule has 1 aromatic heterocycles. The van der Waals surface area contributed by atoms with Crippen LogP contribution < -0.4 is 16.0 Å². The molecular formula is C23H25N3O2S. The number of anilines is 2. The summed E-state index contributed by atoms with van der Waals surface area (Å²) in [5, 5.41) is 11.0. The van der Waals surface area contributed by atoms with Gasteiger partial charge < -0.3 is 10.6 Å². The summed E-state index contributed by atoms with van der Waals surface area (Å²) in [5.74, 6) is -0.249. The van der Waals surface area contributed by atoms with Crippen molar-refractivity contribution in [1.29, 1.82) is 0 Å². The largest absolute Gasteiger partial charge is 0.326 e. The number of aryl methyl sites for hydroxylation is 1. The number of benzene rings is 2. The minimum Gasteiger partial charge on any atom is -0.326 e. The van der Waals surface area contributed by atoms with Gasteiger partial charge in [-0.2, -0.15) is 0 Å². The van der Waals surface area contributed by atoms with Crippen LogP contribution in [0.15, 0.2) is 66.0 Å². The van der Waals surface area contributed by atoms with Crippen LogP contribution in [0.4, 0.5) is 11.4 Å². The first-order valence-corrected chi connectivity index (χ1v) is 10.5. The van der Waals surface area contributed by atoms with E-state index in [1.54, 1.807) is 35.6 Å². The summed E-state index contributed by atoms with van der Waals surface area (Å²) in [5.41, 5.74) is 3.81. The van der Waals surface area contributed by atoms with E-state index in [-0.39, 0.29) is 24.4 Å². The van der Waals surface area contributed by atoms with E-state index in [9.17, 15) is 9.59 Å². The van der Waals surface area contributed by atoms with Crippen molar-refractivity contribution in [2.24, 2.45) is 0 Å². The zero-order valence-electron chi connectivity index (χ0n) is 16.6. The van der Waals surface area contributed by atoms with E-state index in [0.29, 0.717) is 11.4 Å². The minimum absolute atomic E-state index is 0.0335. The average molecular weight is 408 g/mol. The molecule has 0 fully saturated rings.